The van der Waals surface area contributed by atoms with Crippen molar-refractivity contribution in [3.05, 3.63) is 64.4 Å². The average molecular weight is 279 g/mol. The van der Waals surface area contributed by atoms with Crippen LogP contribution in [0.15, 0.2) is 42.5 Å². The van der Waals surface area contributed by atoms with Crippen molar-refractivity contribution in [2.45, 2.75) is 6.54 Å². The van der Waals surface area contributed by atoms with Crippen LogP contribution in [0.3, 0.4) is 0 Å². The molecule has 0 aliphatic heterocycles. The van der Waals surface area contributed by atoms with E-state index in [-0.39, 0.29) is 17.1 Å². The molecule has 0 spiro atoms. The minimum absolute atomic E-state index is 0.0726. The summed E-state index contributed by atoms with van der Waals surface area (Å²) in [7, 11) is 0. The maximum absolute atomic E-state index is 13.6. The second-order valence-electron chi connectivity index (χ2n) is 4.03. The van der Waals surface area contributed by atoms with Crippen molar-refractivity contribution in [2.24, 2.45) is 0 Å². The molecule has 0 radical (unpaired) electrons. The average Bonchev–Trinajstić information content (AvgIpc) is 2.39. The van der Waals surface area contributed by atoms with Crippen LogP contribution in [0.2, 0.25) is 5.02 Å². The summed E-state index contributed by atoms with van der Waals surface area (Å²) >= 11 is 5.62. The van der Waals surface area contributed by atoms with Gasteiger partial charge >= 0.3 is 0 Å². The van der Waals surface area contributed by atoms with Crippen LogP contribution in [0, 0.1) is 5.82 Å². The Balaban J connectivity index is 2.08. The summed E-state index contributed by atoms with van der Waals surface area (Å²) in [6.45, 7) is 0.274. The molecule has 0 unspecified atom stereocenters. The van der Waals surface area contributed by atoms with Crippen LogP contribution in [0.1, 0.15) is 15.9 Å². The standard InChI is InChI=1S/C14H12ClFN2O/c15-12-6-2-5-11(13(12)16)14(19)18-8-9-3-1-4-10(17)7-9/h1-7H,8,17H2,(H,18,19). The minimum Gasteiger partial charge on any atom is -0.399 e. The Bertz CT molecular complexity index is 616. The van der Waals surface area contributed by atoms with Crippen molar-refractivity contribution in [3.8, 4) is 0 Å². The molecular formula is C14H12ClFN2O. The van der Waals surface area contributed by atoms with E-state index in [9.17, 15) is 9.18 Å². The Kier molecular flexibility index (Phi) is 4.02. The maximum atomic E-state index is 13.6. The van der Waals surface area contributed by atoms with E-state index in [0.717, 1.165) is 5.56 Å². The molecule has 0 heterocycles. The Morgan fingerprint density at radius 2 is 2.00 bits per heavy atom. The zero-order valence-corrected chi connectivity index (χ0v) is 10.7. The van der Waals surface area contributed by atoms with Crippen molar-refractivity contribution in [2.75, 3.05) is 5.73 Å². The van der Waals surface area contributed by atoms with Crippen molar-refractivity contribution in [3.63, 3.8) is 0 Å². The highest BCUT2D eigenvalue weighted by molar-refractivity contribution is 6.31. The third-order valence-electron chi connectivity index (χ3n) is 2.60. The Morgan fingerprint density at radius 3 is 2.74 bits per heavy atom. The highest BCUT2D eigenvalue weighted by Crippen LogP contribution is 2.17. The van der Waals surface area contributed by atoms with Crippen LogP contribution in [0.4, 0.5) is 10.1 Å². The first kappa shape index (κ1) is 13.4. The first-order valence-corrected chi connectivity index (χ1v) is 6.02. The molecule has 98 valence electrons. The van der Waals surface area contributed by atoms with E-state index in [4.69, 9.17) is 17.3 Å². The molecule has 5 heteroatoms. The minimum atomic E-state index is -0.714. The lowest BCUT2D eigenvalue weighted by molar-refractivity contribution is 0.0947. The van der Waals surface area contributed by atoms with E-state index >= 15 is 0 Å². The fourth-order valence-electron chi connectivity index (χ4n) is 1.66. The lowest BCUT2D eigenvalue weighted by Crippen LogP contribution is -2.23. The molecule has 0 atom stereocenters. The van der Waals surface area contributed by atoms with E-state index in [1.165, 1.54) is 18.2 Å². The number of anilines is 1. The second-order valence-corrected chi connectivity index (χ2v) is 4.44. The van der Waals surface area contributed by atoms with Crippen molar-refractivity contribution in [1.29, 1.82) is 0 Å². The second kappa shape index (κ2) is 5.71. The van der Waals surface area contributed by atoms with Gasteiger partial charge in [-0.3, -0.25) is 4.79 Å². The van der Waals surface area contributed by atoms with Gasteiger partial charge in [-0.15, -0.1) is 0 Å². The quantitative estimate of drug-likeness (QED) is 0.848. The largest absolute Gasteiger partial charge is 0.399 e. The van der Waals surface area contributed by atoms with E-state index in [2.05, 4.69) is 5.32 Å². The number of benzene rings is 2. The number of hydrogen-bond acceptors (Lipinski definition) is 2. The molecule has 0 aliphatic rings. The zero-order valence-electron chi connectivity index (χ0n) is 9.99. The molecule has 0 saturated carbocycles. The van der Waals surface area contributed by atoms with Gasteiger partial charge in [-0.05, 0) is 29.8 Å². The first-order valence-electron chi connectivity index (χ1n) is 5.64. The summed E-state index contributed by atoms with van der Waals surface area (Å²) < 4.78 is 13.6. The summed E-state index contributed by atoms with van der Waals surface area (Å²) in [6, 6.07) is 11.4. The Labute approximate surface area is 115 Å². The highest BCUT2D eigenvalue weighted by Gasteiger charge is 2.13. The summed E-state index contributed by atoms with van der Waals surface area (Å²) in [4.78, 5) is 11.8. The molecule has 3 N–H and O–H groups in total. The third kappa shape index (κ3) is 3.23. The van der Waals surface area contributed by atoms with Gasteiger partial charge in [-0.2, -0.15) is 0 Å². The molecule has 0 aliphatic carbocycles. The van der Waals surface area contributed by atoms with Crippen molar-refractivity contribution in [1.82, 2.24) is 5.32 Å². The number of hydrogen-bond donors (Lipinski definition) is 2. The van der Waals surface area contributed by atoms with Gasteiger partial charge in [0.15, 0.2) is 5.82 Å². The van der Waals surface area contributed by atoms with Crippen LogP contribution in [-0.4, -0.2) is 5.91 Å². The number of rotatable bonds is 3. The summed E-state index contributed by atoms with van der Waals surface area (Å²) in [5, 5.41) is 2.54. The van der Waals surface area contributed by atoms with Gasteiger partial charge in [0.2, 0.25) is 0 Å². The van der Waals surface area contributed by atoms with Crippen LogP contribution in [0.25, 0.3) is 0 Å². The smallest absolute Gasteiger partial charge is 0.254 e. The van der Waals surface area contributed by atoms with E-state index < -0.39 is 11.7 Å². The lowest BCUT2D eigenvalue weighted by Gasteiger charge is -2.07. The van der Waals surface area contributed by atoms with Gasteiger partial charge < -0.3 is 11.1 Å². The molecule has 2 aromatic carbocycles. The van der Waals surface area contributed by atoms with Crippen LogP contribution in [-0.2, 0) is 6.54 Å². The fraction of sp³-hybridized carbons (Fsp3) is 0.0714. The Morgan fingerprint density at radius 1 is 1.26 bits per heavy atom. The molecule has 2 aromatic rings. The van der Waals surface area contributed by atoms with Crippen LogP contribution < -0.4 is 11.1 Å². The Hall–Kier alpha value is -2.07. The lowest BCUT2D eigenvalue weighted by atomic mass is 10.1. The maximum Gasteiger partial charge on any atom is 0.254 e. The van der Waals surface area contributed by atoms with Crippen LogP contribution >= 0.6 is 11.6 Å². The van der Waals surface area contributed by atoms with Crippen molar-refractivity contribution < 1.29 is 9.18 Å². The molecule has 3 nitrogen and oxygen atoms in total. The number of nitrogen functional groups attached to an aromatic ring is 1. The summed E-state index contributed by atoms with van der Waals surface area (Å²) in [6.07, 6.45) is 0. The number of nitrogens with one attached hydrogen (secondary N) is 1. The SMILES string of the molecule is Nc1cccc(CNC(=O)c2cccc(Cl)c2F)c1. The van der Waals surface area contributed by atoms with Gasteiger partial charge in [-0.1, -0.05) is 29.8 Å². The molecule has 19 heavy (non-hydrogen) atoms. The molecule has 1 amide bonds. The van der Waals surface area contributed by atoms with Gasteiger partial charge in [0.05, 0.1) is 10.6 Å². The summed E-state index contributed by atoms with van der Waals surface area (Å²) in [5.74, 6) is -1.23. The topological polar surface area (TPSA) is 55.1 Å². The highest BCUT2D eigenvalue weighted by atomic mass is 35.5. The number of amides is 1. The molecule has 0 fully saturated rings. The third-order valence-corrected chi connectivity index (χ3v) is 2.89. The van der Waals surface area contributed by atoms with E-state index in [1.807, 2.05) is 6.07 Å². The van der Waals surface area contributed by atoms with E-state index in [1.54, 1.807) is 18.2 Å². The van der Waals surface area contributed by atoms with Gasteiger partial charge in [0.25, 0.3) is 5.91 Å². The zero-order chi connectivity index (χ0) is 13.8. The summed E-state index contributed by atoms with van der Waals surface area (Å²) in [5.41, 5.74) is 7.01. The fourth-order valence-corrected chi connectivity index (χ4v) is 1.83. The van der Waals surface area contributed by atoms with Gasteiger partial charge in [0.1, 0.15) is 0 Å². The molecule has 0 bridgehead atoms. The number of halogens is 2. The van der Waals surface area contributed by atoms with Gasteiger partial charge in [-0.25, -0.2) is 4.39 Å². The van der Waals surface area contributed by atoms with Gasteiger partial charge in [0, 0.05) is 12.2 Å². The molecule has 2 rings (SSSR count). The predicted octanol–water partition coefficient (Wildman–Crippen LogP) is 2.99. The molecule has 0 aromatic heterocycles. The van der Waals surface area contributed by atoms with Crippen molar-refractivity contribution >= 4 is 23.2 Å². The normalized spacial score (nSPS) is 10.2. The monoisotopic (exact) mass is 278 g/mol. The number of carbonyl (C=O) groups is 1. The molecular weight excluding hydrogens is 267 g/mol. The molecule has 0 saturated heterocycles. The number of carbonyl (C=O) groups excluding carboxylic acids is 1. The van der Waals surface area contributed by atoms with Crippen LogP contribution in [0.5, 0.6) is 0 Å². The predicted molar refractivity (Wildman–Crippen MR) is 73.4 cm³/mol. The van der Waals surface area contributed by atoms with E-state index in [0.29, 0.717) is 5.69 Å². The first-order chi connectivity index (χ1) is 9.08. The number of nitrogens with two attached hydrogens (primary N) is 1.